The van der Waals surface area contributed by atoms with Crippen LogP contribution in [0, 0.1) is 11.3 Å². The van der Waals surface area contributed by atoms with Crippen molar-refractivity contribution in [3.63, 3.8) is 0 Å². The number of benzene rings is 1. The molecule has 0 atom stereocenters. The Kier molecular flexibility index (Phi) is 5.91. The summed E-state index contributed by atoms with van der Waals surface area (Å²) in [5.74, 6) is 0.938. The van der Waals surface area contributed by atoms with Crippen LogP contribution in [0.4, 0.5) is 11.5 Å². The number of nitriles is 1. The van der Waals surface area contributed by atoms with Gasteiger partial charge >= 0.3 is 0 Å². The van der Waals surface area contributed by atoms with Gasteiger partial charge in [0.15, 0.2) is 5.78 Å². The topological polar surface area (TPSA) is 69.0 Å². The molecular weight excluding hydrogens is 300 g/mol. The zero-order valence-electron chi connectivity index (χ0n) is 14.3. The van der Waals surface area contributed by atoms with E-state index in [9.17, 15) is 10.1 Å². The van der Waals surface area contributed by atoms with Crippen LogP contribution in [0.5, 0.6) is 0 Å². The van der Waals surface area contributed by atoms with Crippen molar-refractivity contribution < 1.29 is 4.79 Å². The highest BCUT2D eigenvalue weighted by Gasteiger charge is 2.07. The number of hydrogen-bond donors (Lipinski definition) is 1. The van der Waals surface area contributed by atoms with E-state index in [1.165, 1.54) is 6.92 Å². The van der Waals surface area contributed by atoms with E-state index in [0.29, 0.717) is 23.4 Å². The first-order valence-corrected chi connectivity index (χ1v) is 8.07. The maximum absolute atomic E-state index is 11.5. The number of nitrogens with one attached hydrogen (secondary N) is 1. The quantitative estimate of drug-likeness (QED) is 0.789. The summed E-state index contributed by atoms with van der Waals surface area (Å²) in [6.45, 7) is 8.11. The fourth-order valence-electron chi connectivity index (χ4n) is 2.46. The molecule has 0 unspecified atom stereocenters. The number of hydrogen-bond acceptors (Lipinski definition) is 5. The van der Waals surface area contributed by atoms with Gasteiger partial charge in [-0.15, -0.1) is 0 Å². The Balaban J connectivity index is 2.12. The average molecular weight is 322 g/mol. The standard InChI is InChI=1S/C19H22N4O/c1-4-23(5-2)19-9-6-15(13-22-19)12-21-18-10-16(14(3)24)7-8-17(18)11-20/h6-10,13,21H,4-5,12H2,1-3H3. The third kappa shape index (κ3) is 4.11. The van der Waals surface area contributed by atoms with E-state index in [0.717, 1.165) is 24.5 Å². The van der Waals surface area contributed by atoms with Gasteiger partial charge in [-0.05, 0) is 50.6 Å². The fourth-order valence-corrected chi connectivity index (χ4v) is 2.46. The van der Waals surface area contributed by atoms with Crippen molar-refractivity contribution in [3.8, 4) is 6.07 Å². The van der Waals surface area contributed by atoms with Gasteiger partial charge in [0.25, 0.3) is 0 Å². The van der Waals surface area contributed by atoms with Gasteiger partial charge < -0.3 is 10.2 Å². The molecule has 0 fully saturated rings. The Hall–Kier alpha value is -2.87. The highest BCUT2D eigenvalue weighted by molar-refractivity contribution is 5.95. The molecule has 0 radical (unpaired) electrons. The van der Waals surface area contributed by atoms with Gasteiger partial charge in [-0.1, -0.05) is 6.07 Å². The van der Waals surface area contributed by atoms with Gasteiger partial charge in [0.1, 0.15) is 11.9 Å². The molecule has 0 bridgehead atoms. The molecule has 0 amide bonds. The number of nitrogens with zero attached hydrogens (tertiary/aromatic N) is 3. The lowest BCUT2D eigenvalue weighted by atomic mass is 10.1. The van der Waals surface area contributed by atoms with Crippen LogP contribution >= 0.6 is 0 Å². The molecule has 0 aliphatic heterocycles. The zero-order valence-corrected chi connectivity index (χ0v) is 14.3. The number of Topliss-reactive ketones (excluding diaryl/α,β-unsaturated/α-hetero) is 1. The summed E-state index contributed by atoms with van der Waals surface area (Å²) >= 11 is 0. The van der Waals surface area contributed by atoms with E-state index in [4.69, 9.17) is 0 Å². The summed E-state index contributed by atoms with van der Waals surface area (Å²) in [4.78, 5) is 18.2. The molecule has 1 aromatic heterocycles. The molecular formula is C19H22N4O. The van der Waals surface area contributed by atoms with Crippen LogP contribution in [-0.2, 0) is 6.54 Å². The SMILES string of the molecule is CCN(CC)c1ccc(CNc2cc(C(C)=O)ccc2C#N)cn1. The van der Waals surface area contributed by atoms with Crippen LogP contribution < -0.4 is 10.2 Å². The van der Waals surface area contributed by atoms with E-state index in [1.54, 1.807) is 18.2 Å². The minimum Gasteiger partial charge on any atom is -0.380 e. The van der Waals surface area contributed by atoms with Crippen molar-refractivity contribution >= 4 is 17.3 Å². The summed E-state index contributed by atoms with van der Waals surface area (Å²) < 4.78 is 0. The van der Waals surface area contributed by atoms with Crippen LogP contribution in [0.2, 0.25) is 0 Å². The molecule has 24 heavy (non-hydrogen) atoms. The Morgan fingerprint density at radius 2 is 2.00 bits per heavy atom. The van der Waals surface area contributed by atoms with Gasteiger partial charge in [0.05, 0.1) is 11.3 Å². The zero-order chi connectivity index (χ0) is 17.5. The van der Waals surface area contributed by atoms with Crippen molar-refractivity contribution in [2.24, 2.45) is 0 Å². The number of ketones is 1. The summed E-state index contributed by atoms with van der Waals surface area (Å²) in [5, 5.41) is 12.4. The molecule has 124 valence electrons. The lowest BCUT2D eigenvalue weighted by molar-refractivity contribution is 0.101. The Morgan fingerprint density at radius 3 is 2.54 bits per heavy atom. The molecule has 5 nitrogen and oxygen atoms in total. The first-order valence-electron chi connectivity index (χ1n) is 8.07. The van der Waals surface area contributed by atoms with E-state index < -0.39 is 0 Å². The van der Waals surface area contributed by atoms with Crippen molar-refractivity contribution in [3.05, 3.63) is 53.2 Å². The maximum atomic E-state index is 11.5. The maximum Gasteiger partial charge on any atom is 0.159 e. The molecule has 1 aromatic carbocycles. The first-order chi connectivity index (χ1) is 11.6. The molecule has 0 saturated carbocycles. The van der Waals surface area contributed by atoms with Crippen molar-refractivity contribution in [2.75, 3.05) is 23.3 Å². The fraction of sp³-hybridized carbons (Fsp3) is 0.316. The number of anilines is 2. The summed E-state index contributed by atoms with van der Waals surface area (Å²) in [6.07, 6.45) is 1.83. The largest absolute Gasteiger partial charge is 0.380 e. The second kappa shape index (κ2) is 8.11. The highest BCUT2D eigenvalue weighted by Crippen LogP contribution is 2.19. The van der Waals surface area contributed by atoms with Gasteiger partial charge in [-0.3, -0.25) is 4.79 Å². The third-order valence-corrected chi connectivity index (χ3v) is 3.93. The van der Waals surface area contributed by atoms with Crippen LogP contribution in [0.3, 0.4) is 0 Å². The molecule has 0 saturated heterocycles. The number of carbonyl (C=O) groups is 1. The Labute approximate surface area is 142 Å². The lowest BCUT2D eigenvalue weighted by Crippen LogP contribution is -2.22. The predicted octanol–water partition coefficient (Wildman–Crippen LogP) is 3.61. The second-order valence-electron chi connectivity index (χ2n) is 5.48. The smallest absolute Gasteiger partial charge is 0.159 e. The predicted molar refractivity (Wildman–Crippen MR) is 96.3 cm³/mol. The van der Waals surface area contributed by atoms with E-state index >= 15 is 0 Å². The van der Waals surface area contributed by atoms with Crippen molar-refractivity contribution in [1.29, 1.82) is 5.26 Å². The molecule has 0 aliphatic carbocycles. The van der Waals surface area contributed by atoms with E-state index in [-0.39, 0.29) is 5.78 Å². The van der Waals surface area contributed by atoms with E-state index in [1.807, 2.05) is 18.3 Å². The van der Waals surface area contributed by atoms with Crippen molar-refractivity contribution in [1.82, 2.24) is 4.98 Å². The normalized spacial score (nSPS) is 10.1. The molecule has 2 rings (SSSR count). The summed E-state index contributed by atoms with van der Waals surface area (Å²) in [5.41, 5.74) is 2.79. The van der Waals surface area contributed by atoms with E-state index in [2.05, 4.69) is 35.1 Å². The van der Waals surface area contributed by atoms with Crippen LogP contribution in [0.15, 0.2) is 36.5 Å². The van der Waals surface area contributed by atoms with Crippen molar-refractivity contribution in [2.45, 2.75) is 27.3 Å². The molecule has 0 aliphatic rings. The molecule has 2 aromatic rings. The molecule has 1 heterocycles. The minimum absolute atomic E-state index is 0.0206. The Bertz CT molecular complexity index is 743. The van der Waals surface area contributed by atoms with Crippen LogP contribution in [-0.4, -0.2) is 23.9 Å². The van der Waals surface area contributed by atoms with Gasteiger partial charge in [0.2, 0.25) is 0 Å². The second-order valence-corrected chi connectivity index (χ2v) is 5.48. The number of carbonyl (C=O) groups excluding carboxylic acids is 1. The number of aromatic nitrogens is 1. The van der Waals surface area contributed by atoms with Crippen LogP contribution in [0.1, 0.15) is 42.3 Å². The number of pyridine rings is 1. The summed E-state index contributed by atoms with van der Waals surface area (Å²) in [6, 6.07) is 11.2. The summed E-state index contributed by atoms with van der Waals surface area (Å²) in [7, 11) is 0. The minimum atomic E-state index is -0.0206. The third-order valence-electron chi connectivity index (χ3n) is 3.93. The molecule has 1 N–H and O–H groups in total. The van der Waals surface area contributed by atoms with Gasteiger partial charge in [-0.2, -0.15) is 5.26 Å². The van der Waals surface area contributed by atoms with Gasteiger partial charge in [-0.25, -0.2) is 4.98 Å². The Morgan fingerprint density at radius 1 is 1.25 bits per heavy atom. The first kappa shape index (κ1) is 17.5. The lowest BCUT2D eigenvalue weighted by Gasteiger charge is -2.19. The number of rotatable bonds is 7. The van der Waals surface area contributed by atoms with Crippen LogP contribution in [0.25, 0.3) is 0 Å². The highest BCUT2D eigenvalue weighted by atomic mass is 16.1. The monoisotopic (exact) mass is 322 g/mol. The molecule has 0 spiro atoms. The average Bonchev–Trinajstić information content (AvgIpc) is 2.61. The van der Waals surface area contributed by atoms with Gasteiger partial charge in [0, 0.05) is 31.4 Å². The molecule has 5 heteroatoms.